The molecule has 0 unspecified atom stereocenters. The Labute approximate surface area is 106 Å². The smallest absolute Gasteiger partial charge is 0.331 e. The summed E-state index contributed by atoms with van der Waals surface area (Å²) in [5.74, 6) is -0.210. The summed E-state index contributed by atoms with van der Waals surface area (Å²) in [7, 11) is 0. The summed E-state index contributed by atoms with van der Waals surface area (Å²) in [5, 5.41) is 9.93. The quantitative estimate of drug-likeness (QED) is 0.758. The van der Waals surface area contributed by atoms with Crippen molar-refractivity contribution in [1.82, 2.24) is 14.5 Å². The first kappa shape index (κ1) is 14.5. The fraction of sp³-hybridized carbons (Fsp3) is 0.667. The van der Waals surface area contributed by atoms with Crippen molar-refractivity contribution in [2.75, 3.05) is 19.6 Å². The highest BCUT2D eigenvalue weighted by Crippen LogP contribution is 2.10. The zero-order valence-corrected chi connectivity index (χ0v) is 11.2. The van der Waals surface area contributed by atoms with Gasteiger partial charge in [0.05, 0.1) is 5.56 Å². The monoisotopic (exact) mass is 255 g/mol. The zero-order chi connectivity index (χ0) is 13.7. The number of nitrogens with zero attached hydrogens (tertiary/aromatic N) is 2. The number of aromatic amines is 1. The predicted molar refractivity (Wildman–Crippen MR) is 70.2 cm³/mol. The van der Waals surface area contributed by atoms with Gasteiger partial charge in [-0.05, 0) is 19.5 Å². The van der Waals surface area contributed by atoms with E-state index in [1.807, 2.05) is 13.8 Å². The van der Waals surface area contributed by atoms with E-state index in [0.717, 1.165) is 13.1 Å². The van der Waals surface area contributed by atoms with Gasteiger partial charge in [0, 0.05) is 13.1 Å². The summed E-state index contributed by atoms with van der Waals surface area (Å²) < 4.78 is 1.22. The molecule has 1 rings (SSSR count). The van der Waals surface area contributed by atoms with Crippen molar-refractivity contribution in [3.05, 3.63) is 26.4 Å². The van der Waals surface area contributed by atoms with E-state index in [1.165, 1.54) is 4.57 Å². The number of aromatic hydroxyl groups is 1. The minimum absolute atomic E-state index is 0.210. The Bertz CT molecular complexity index is 500. The maximum Gasteiger partial charge on any atom is 0.331 e. The Hall–Kier alpha value is -1.56. The van der Waals surface area contributed by atoms with Crippen LogP contribution in [0.5, 0.6) is 5.88 Å². The minimum atomic E-state index is -0.554. The second-order valence-corrected chi connectivity index (χ2v) is 4.09. The van der Waals surface area contributed by atoms with Crippen LogP contribution in [0.1, 0.15) is 26.3 Å². The van der Waals surface area contributed by atoms with E-state index in [2.05, 4.69) is 9.88 Å². The minimum Gasteiger partial charge on any atom is -0.494 e. The SMILES string of the molecule is CCc1c(O)n(CCN(CC)CC)c(=O)[nH]c1=O. The summed E-state index contributed by atoms with van der Waals surface area (Å²) in [5.41, 5.74) is -0.796. The average Bonchev–Trinajstić information content (AvgIpc) is 2.34. The van der Waals surface area contributed by atoms with E-state index < -0.39 is 11.2 Å². The number of aromatic nitrogens is 2. The second kappa shape index (κ2) is 6.39. The number of H-pyrrole nitrogens is 1. The van der Waals surface area contributed by atoms with Crippen molar-refractivity contribution in [2.45, 2.75) is 33.7 Å². The lowest BCUT2D eigenvalue weighted by Gasteiger charge is -2.19. The molecule has 0 spiro atoms. The van der Waals surface area contributed by atoms with Gasteiger partial charge in [-0.1, -0.05) is 20.8 Å². The molecule has 0 amide bonds. The lowest BCUT2D eigenvalue weighted by molar-refractivity contribution is 0.278. The summed E-state index contributed by atoms with van der Waals surface area (Å²) in [4.78, 5) is 27.5. The summed E-state index contributed by atoms with van der Waals surface area (Å²) in [6, 6.07) is 0. The molecule has 6 nitrogen and oxygen atoms in total. The molecule has 0 aliphatic rings. The van der Waals surface area contributed by atoms with E-state index in [0.29, 0.717) is 19.5 Å². The highest BCUT2D eigenvalue weighted by atomic mass is 16.3. The number of hydrogen-bond acceptors (Lipinski definition) is 4. The molecule has 0 saturated heterocycles. The molecule has 0 bridgehead atoms. The van der Waals surface area contributed by atoms with Crippen molar-refractivity contribution in [2.24, 2.45) is 0 Å². The van der Waals surface area contributed by atoms with Crippen LogP contribution < -0.4 is 11.2 Å². The van der Waals surface area contributed by atoms with Crippen molar-refractivity contribution in [3.63, 3.8) is 0 Å². The number of hydrogen-bond donors (Lipinski definition) is 2. The highest BCUT2D eigenvalue weighted by Gasteiger charge is 2.12. The molecular formula is C12H21N3O3. The van der Waals surface area contributed by atoms with Gasteiger partial charge in [0.25, 0.3) is 5.56 Å². The number of nitrogens with one attached hydrogen (secondary N) is 1. The third-order valence-corrected chi connectivity index (χ3v) is 3.15. The highest BCUT2D eigenvalue weighted by molar-refractivity contribution is 5.22. The Kier molecular flexibility index (Phi) is 5.15. The Morgan fingerprint density at radius 2 is 1.83 bits per heavy atom. The molecule has 2 N–H and O–H groups in total. The summed E-state index contributed by atoms with van der Waals surface area (Å²) in [6.45, 7) is 8.65. The predicted octanol–water partition coefficient (Wildman–Crippen LogP) is 0.146. The molecule has 18 heavy (non-hydrogen) atoms. The Morgan fingerprint density at radius 3 is 2.33 bits per heavy atom. The molecule has 102 valence electrons. The molecule has 0 aromatic carbocycles. The summed E-state index contributed by atoms with van der Waals surface area (Å²) >= 11 is 0. The molecule has 0 atom stereocenters. The fourth-order valence-corrected chi connectivity index (χ4v) is 1.91. The van der Waals surface area contributed by atoms with Crippen molar-refractivity contribution in [1.29, 1.82) is 0 Å². The normalized spacial score (nSPS) is 11.1. The zero-order valence-electron chi connectivity index (χ0n) is 11.2. The molecule has 0 aliphatic heterocycles. The van der Waals surface area contributed by atoms with E-state index >= 15 is 0 Å². The average molecular weight is 255 g/mol. The first-order chi connectivity index (χ1) is 8.54. The van der Waals surface area contributed by atoms with Crippen LogP contribution in [0.15, 0.2) is 9.59 Å². The molecule has 0 aliphatic carbocycles. The van der Waals surface area contributed by atoms with E-state index in [1.54, 1.807) is 6.92 Å². The van der Waals surface area contributed by atoms with Crippen molar-refractivity contribution >= 4 is 0 Å². The first-order valence-corrected chi connectivity index (χ1v) is 6.32. The van der Waals surface area contributed by atoms with E-state index in [4.69, 9.17) is 0 Å². The molecule has 0 saturated carbocycles. The molecule has 6 heteroatoms. The molecular weight excluding hydrogens is 234 g/mol. The van der Waals surface area contributed by atoms with Crippen LogP contribution >= 0.6 is 0 Å². The maximum atomic E-state index is 11.6. The first-order valence-electron chi connectivity index (χ1n) is 6.32. The van der Waals surface area contributed by atoms with Crippen molar-refractivity contribution in [3.8, 4) is 5.88 Å². The lowest BCUT2D eigenvalue weighted by atomic mass is 10.2. The molecule has 0 fully saturated rings. The van der Waals surface area contributed by atoms with Gasteiger partial charge in [0.15, 0.2) is 0 Å². The molecule has 0 radical (unpaired) electrons. The van der Waals surface area contributed by atoms with Gasteiger partial charge in [-0.3, -0.25) is 14.3 Å². The largest absolute Gasteiger partial charge is 0.494 e. The molecule has 1 heterocycles. The van der Waals surface area contributed by atoms with Gasteiger partial charge in [-0.25, -0.2) is 4.79 Å². The number of rotatable bonds is 6. The van der Waals surface area contributed by atoms with Gasteiger partial charge in [0.1, 0.15) is 0 Å². The third-order valence-electron chi connectivity index (χ3n) is 3.15. The van der Waals surface area contributed by atoms with Crippen LogP contribution in [0.4, 0.5) is 0 Å². The topological polar surface area (TPSA) is 78.3 Å². The van der Waals surface area contributed by atoms with E-state index in [-0.39, 0.29) is 11.4 Å². The number of likely N-dealkylation sites (N-methyl/N-ethyl adjacent to an activating group) is 1. The van der Waals surface area contributed by atoms with E-state index in [9.17, 15) is 14.7 Å². The van der Waals surface area contributed by atoms with Crippen molar-refractivity contribution < 1.29 is 5.11 Å². The Balaban J connectivity index is 3.03. The van der Waals surface area contributed by atoms with Gasteiger partial charge in [-0.15, -0.1) is 0 Å². The van der Waals surface area contributed by atoms with Crippen LogP contribution in [0.3, 0.4) is 0 Å². The second-order valence-electron chi connectivity index (χ2n) is 4.09. The lowest BCUT2D eigenvalue weighted by Crippen LogP contribution is -2.36. The fourth-order valence-electron chi connectivity index (χ4n) is 1.91. The van der Waals surface area contributed by atoms with Crippen LogP contribution in [0, 0.1) is 0 Å². The van der Waals surface area contributed by atoms with Gasteiger partial charge < -0.3 is 10.0 Å². The van der Waals surface area contributed by atoms with Gasteiger partial charge in [-0.2, -0.15) is 0 Å². The summed E-state index contributed by atoms with van der Waals surface area (Å²) in [6.07, 6.45) is 0.396. The standard InChI is InChI=1S/C12H21N3O3/c1-4-9-10(16)13-12(18)15(11(9)17)8-7-14(5-2)6-3/h17H,4-8H2,1-3H3,(H,13,16,18). The van der Waals surface area contributed by atoms with Crippen LogP contribution in [-0.4, -0.2) is 39.2 Å². The van der Waals surface area contributed by atoms with Crippen LogP contribution in [-0.2, 0) is 13.0 Å². The van der Waals surface area contributed by atoms with Gasteiger partial charge >= 0.3 is 5.69 Å². The third kappa shape index (κ3) is 3.01. The maximum absolute atomic E-state index is 11.6. The van der Waals surface area contributed by atoms with Crippen LogP contribution in [0.25, 0.3) is 0 Å². The van der Waals surface area contributed by atoms with Gasteiger partial charge in [0.2, 0.25) is 5.88 Å². The molecule has 1 aromatic heterocycles. The molecule has 1 aromatic rings. The Morgan fingerprint density at radius 1 is 1.22 bits per heavy atom. The van der Waals surface area contributed by atoms with Crippen LogP contribution in [0.2, 0.25) is 0 Å².